The number of methoxy groups -OCH3 is 1. The Morgan fingerprint density at radius 3 is 2.78 bits per heavy atom. The number of ether oxygens (including phenoxy) is 2. The summed E-state index contributed by atoms with van der Waals surface area (Å²) in [4.78, 5) is 19.1. The first-order valence-electron chi connectivity index (χ1n) is 5.36. The molecule has 2 rings (SSSR count). The van der Waals surface area contributed by atoms with Crippen molar-refractivity contribution in [1.82, 2.24) is 9.97 Å². The summed E-state index contributed by atoms with van der Waals surface area (Å²) in [6.45, 7) is 0.345. The first-order valence-corrected chi connectivity index (χ1v) is 5.36. The highest BCUT2D eigenvalue weighted by Crippen LogP contribution is 2.16. The molecule has 0 unspecified atom stereocenters. The second-order valence-electron chi connectivity index (χ2n) is 3.50. The van der Waals surface area contributed by atoms with E-state index in [2.05, 4.69) is 14.7 Å². The van der Waals surface area contributed by atoms with Gasteiger partial charge in [-0.05, 0) is 5.56 Å². The molecule has 0 radical (unpaired) electrons. The Hall–Kier alpha value is -2.43. The van der Waals surface area contributed by atoms with E-state index in [9.17, 15) is 4.79 Å². The fraction of sp³-hybridized carbons (Fsp3) is 0.154. The van der Waals surface area contributed by atoms with E-state index < -0.39 is 5.97 Å². The van der Waals surface area contributed by atoms with Crippen LogP contribution in [-0.2, 0) is 11.3 Å². The lowest BCUT2D eigenvalue weighted by atomic mass is 10.2. The highest BCUT2D eigenvalue weighted by atomic mass is 16.5. The number of nitrogens with zero attached hydrogens (tertiary/aromatic N) is 2. The van der Waals surface area contributed by atoms with E-state index in [0.29, 0.717) is 12.4 Å². The predicted molar refractivity (Wildman–Crippen MR) is 64.1 cm³/mol. The summed E-state index contributed by atoms with van der Waals surface area (Å²) < 4.78 is 10.1. The SMILES string of the molecule is COC(=O)c1ncncc1OCc1ccccc1. The Bertz CT molecular complexity index is 529. The number of benzene rings is 1. The van der Waals surface area contributed by atoms with Crippen LogP contribution < -0.4 is 4.74 Å². The molecule has 0 bridgehead atoms. The van der Waals surface area contributed by atoms with Crippen LogP contribution in [0.1, 0.15) is 16.1 Å². The van der Waals surface area contributed by atoms with Crippen LogP contribution in [0.15, 0.2) is 42.9 Å². The predicted octanol–water partition coefficient (Wildman–Crippen LogP) is 1.84. The molecule has 0 saturated carbocycles. The number of carbonyl (C=O) groups is 1. The monoisotopic (exact) mass is 244 g/mol. The van der Waals surface area contributed by atoms with Gasteiger partial charge in [0, 0.05) is 0 Å². The highest BCUT2D eigenvalue weighted by molar-refractivity contribution is 5.89. The molecule has 0 atom stereocenters. The third-order valence-electron chi connectivity index (χ3n) is 2.29. The molecule has 2 aromatic rings. The average Bonchev–Trinajstić information content (AvgIpc) is 2.45. The number of carbonyl (C=O) groups excluding carboxylic acids is 1. The Morgan fingerprint density at radius 2 is 2.06 bits per heavy atom. The molecule has 1 aromatic carbocycles. The van der Waals surface area contributed by atoms with Crippen molar-refractivity contribution in [2.45, 2.75) is 6.61 Å². The van der Waals surface area contributed by atoms with Crippen LogP contribution in [0.4, 0.5) is 0 Å². The lowest BCUT2D eigenvalue weighted by molar-refractivity contribution is 0.0588. The molecular weight excluding hydrogens is 232 g/mol. The molecule has 0 saturated heterocycles. The quantitative estimate of drug-likeness (QED) is 0.768. The van der Waals surface area contributed by atoms with Gasteiger partial charge < -0.3 is 9.47 Å². The lowest BCUT2D eigenvalue weighted by Crippen LogP contribution is -2.08. The van der Waals surface area contributed by atoms with Gasteiger partial charge in [0.25, 0.3) is 0 Å². The Balaban J connectivity index is 2.12. The molecule has 5 nitrogen and oxygen atoms in total. The zero-order valence-electron chi connectivity index (χ0n) is 9.87. The van der Waals surface area contributed by atoms with Gasteiger partial charge in [0.05, 0.1) is 13.3 Å². The molecule has 0 aliphatic carbocycles. The van der Waals surface area contributed by atoms with Crippen LogP contribution in [0.5, 0.6) is 5.75 Å². The molecule has 0 aliphatic heterocycles. The van der Waals surface area contributed by atoms with Crippen LogP contribution >= 0.6 is 0 Å². The molecule has 5 heteroatoms. The first kappa shape index (κ1) is 12.0. The van der Waals surface area contributed by atoms with Crippen molar-refractivity contribution in [3.63, 3.8) is 0 Å². The van der Waals surface area contributed by atoms with Gasteiger partial charge >= 0.3 is 5.97 Å². The Labute approximate surface area is 104 Å². The second kappa shape index (κ2) is 5.77. The summed E-state index contributed by atoms with van der Waals surface area (Å²) in [6, 6.07) is 9.63. The lowest BCUT2D eigenvalue weighted by Gasteiger charge is -2.08. The van der Waals surface area contributed by atoms with E-state index in [1.807, 2.05) is 30.3 Å². The molecule has 1 aromatic heterocycles. The van der Waals surface area contributed by atoms with Crippen LogP contribution in [0.25, 0.3) is 0 Å². The minimum absolute atomic E-state index is 0.128. The molecule has 0 aliphatic rings. The molecule has 0 N–H and O–H groups in total. The van der Waals surface area contributed by atoms with Gasteiger partial charge in [0.15, 0.2) is 11.4 Å². The van der Waals surface area contributed by atoms with Gasteiger partial charge in [-0.2, -0.15) is 0 Å². The summed E-state index contributed by atoms with van der Waals surface area (Å²) in [7, 11) is 1.30. The van der Waals surface area contributed by atoms with E-state index in [1.165, 1.54) is 19.6 Å². The van der Waals surface area contributed by atoms with Crippen molar-refractivity contribution in [3.05, 3.63) is 54.1 Å². The van der Waals surface area contributed by atoms with Crippen LogP contribution in [-0.4, -0.2) is 23.0 Å². The summed E-state index contributed by atoms with van der Waals surface area (Å²) >= 11 is 0. The van der Waals surface area contributed by atoms with Crippen LogP contribution in [0.2, 0.25) is 0 Å². The summed E-state index contributed by atoms with van der Waals surface area (Å²) in [5.74, 6) is -0.228. The third kappa shape index (κ3) is 2.82. The summed E-state index contributed by atoms with van der Waals surface area (Å²) in [6.07, 6.45) is 2.73. The Morgan fingerprint density at radius 1 is 1.28 bits per heavy atom. The molecule has 0 amide bonds. The topological polar surface area (TPSA) is 61.3 Å². The van der Waals surface area contributed by atoms with Gasteiger partial charge in [0.1, 0.15) is 12.9 Å². The molecule has 0 fully saturated rings. The highest BCUT2D eigenvalue weighted by Gasteiger charge is 2.14. The van der Waals surface area contributed by atoms with Crippen molar-refractivity contribution >= 4 is 5.97 Å². The number of esters is 1. The molecule has 0 spiro atoms. The second-order valence-corrected chi connectivity index (χ2v) is 3.50. The summed E-state index contributed by atoms with van der Waals surface area (Å²) in [5.41, 5.74) is 1.13. The van der Waals surface area contributed by atoms with Gasteiger partial charge in [0.2, 0.25) is 0 Å². The number of hydrogen-bond donors (Lipinski definition) is 0. The van der Waals surface area contributed by atoms with Crippen molar-refractivity contribution in [2.75, 3.05) is 7.11 Å². The van der Waals surface area contributed by atoms with Crippen LogP contribution in [0.3, 0.4) is 0 Å². The molecule has 1 heterocycles. The van der Waals surface area contributed by atoms with Crippen molar-refractivity contribution < 1.29 is 14.3 Å². The zero-order chi connectivity index (χ0) is 12.8. The van der Waals surface area contributed by atoms with E-state index in [1.54, 1.807) is 0 Å². The van der Waals surface area contributed by atoms with Gasteiger partial charge in [-0.3, -0.25) is 0 Å². The van der Waals surface area contributed by atoms with E-state index >= 15 is 0 Å². The zero-order valence-corrected chi connectivity index (χ0v) is 9.87. The van der Waals surface area contributed by atoms with Crippen molar-refractivity contribution in [1.29, 1.82) is 0 Å². The smallest absolute Gasteiger partial charge is 0.360 e. The van der Waals surface area contributed by atoms with Crippen molar-refractivity contribution in [2.24, 2.45) is 0 Å². The van der Waals surface area contributed by atoms with E-state index in [4.69, 9.17) is 4.74 Å². The number of aromatic nitrogens is 2. The Kier molecular flexibility index (Phi) is 3.86. The largest absolute Gasteiger partial charge is 0.485 e. The standard InChI is InChI=1S/C13H12N2O3/c1-17-13(16)12-11(7-14-9-15-12)18-8-10-5-3-2-4-6-10/h2-7,9H,8H2,1H3. The fourth-order valence-corrected chi connectivity index (χ4v) is 1.41. The van der Waals surface area contributed by atoms with Gasteiger partial charge in [-0.15, -0.1) is 0 Å². The van der Waals surface area contributed by atoms with Gasteiger partial charge in [-0.1, -0.05) is 30.3 Å². The van der Waals surface area contributed by atoms with Crippen molar-refractivity contribution in [3.8, 4) is 5.75 Å². The van der Waals surface area contributed by atoms with E-state index in [0.717, 1.165) is 5.56 Å². The molecule has 18 heavy (non-hydrogen) atoms. The number of rotatable bonds is 4. The molecule has 92 valence electrons. The van der Waals surface area contributed by atoms with Gasteiger partial charge in [-0.25, -0.2) is 14.8 Å². The minimum atomic E-state index is -0.541. The maximum Gasteiger partial charge on any atom is 0.360 e. The fourth-order valence-electron chi connectivity index (χ4n) is 1.41. The third-order valence-corrected chi connectivity index (χ3v) is 2.29. The summed E-state index contributed by atoms with van der Waals surface area (Å²) in [5, 5.41) is 0. The maximum absolute atomic E-state index is 11.5. The first-order chi connectivity index (χ1) is 8.81. The average molecular weight is 244 g/mol. The van der Waals surface area contributed by atoms with Crippen LogP contribution in [0, 0.1) is 0 Å². The normalized spacial score (nSPS) is 9.83. The molecular formula is C13H12N2O3. The number of hydrogen-bond acceptors (Lipinski definition) is 5. The maximum atomic E-state index is 11.5. The minimum Gasteiger partial charge on any atom is -0.485 e. The van der Waals surface area contributed by atoms with E-state index in [-0.39, 0.29) is 5.69 Å².